The molecule has 1 rings (SSSR count). The minimum absolute atomic E-state index is 0.181. The molecule has 1 aromatic rings. The first-order valence-electron chi connectivity index (χ1n) is 4.14. The summed E-state index contributed by atoms with van der Waals surface area (Å²) in [6, 6.07) is 3.31. The number of aromatic nitrogens is 1. The highest BCUT2D eigenvalue weighted by atomic mass is 32.1. The average Bonchev–Trinajstić information content (AvgIpc) is 2.26. The third-order valence-electron chi connectivity index (χ3n) is 1.62. The van der Waals surface area contributed by atoms with E-state index >= 15 is 0 Å². The van der Waals surface area contributed by atoms with Crippen molar-refractivity contribution in [1.29, 1.82) is 0 Å². The maximum absolute atomic E-state index is 11.5. The highest BCUT2D eigenvalue weighted by Gasteiger charge is 2.11. The van der Waals surface area contributed by atoms with E-state index in [-0.39, 0.29) is 12.2 Å². The number of carbonyl (C=O) groups is 2. The lowest BCUT2D eigenvalue weighted by molar-refractivity contribution is -0.139. The number of nitrogens with one attached hydrogen (secondary N) is 1. The first kappa shape index (κ1) is 11.5. The minimum atomic E-state index is -0.514. The van der Waals surface area contributed by atoms with E-state index in [2.05, 4.69) is 27.7 Å². The van der Waals surface area contributed by atoms with Crippen molar-refractivity contribution in [3.8, 4) is 0 Å². The van der Waals surface area contributed by atoms with Crippen molar-refractivity contribution in [3.63, 3.8) is 0 Å². The highest BCUT2D eigenvalue weighted by molar-refractivity contribution is 7.80. The van der Waals surface area contributed by atoms with Crippen LogP contribution in [0.15, 0.2) is 23.2 Å². The van der Waals surface area contributed by atoms with Gasteiger partial charge >= 0.3 is 5.97 Å². The maximum atomic E-state index is 11.5. The molecule has 0 bridgehead atoms. The van der Waals surface area contributed by atoms with Gasteiger partial charge in [-0.15, -0.1) is 12.6 Å². The second kappa shape index (κ2) is 5.35. The molecule has 80 valence electrons. The molecule has 0 aliphatic heterocycles. The number of ether oxygens (including phenoxy) is 1. The van der Waals surface area contributed by atoms with Crippen molar-refractivity contribution in [2.24, 2.45) is 0 Å². The molecule has 0 atom stereocenters. The summed E-state index contributed by atoms with van der Waals surface area (Å²) in [5.41, 5.74) is 0.185. The number of hydrogen-bond donors (Lipinski definition) is 2. The number of nitrogens with zero attached hydrogens (tertiary/aromatic N) is 1. The van der Waals surface area contributed by atoms with Crippen molar-refractivity contribution in [2.45, 2.75) is 4.90 Å². The van der Waals surface area contributed by atoms with Crippen LogP contribution in [0.3, 0.4) is 0 Å². The van der Waals surface area contributed by atoms with E-state index in [1.54, 1.807) is 12.1 Å². The van der Waals surface area contributed by atoms with Gasteiger partial charge in [0, 0.05) is 11.1 Å². The Kier molecular flexibility index (Phi) is 4.11. The summed E-state index contributed by atoms with van der Waals surface area (Å²) in [6.07, 6.45) is 1.48. The number of carbonyl (C=O) groups excluding carboxylic acids is 2. The minimum Gasteiger partial charge on any atom is -0.468 e. The van der Waals surface area contributed by atoms with Gasteiger partial charge in [-0.2, -0.15) is 0 Å². The molecule has 0 unspecified atom stereocenters. The number of hydrogen-bond acceptors (Lipinski definition) is 5. The SMILES string of the molecule is COC(=O)CNC(=O)c1ncccc1S. The molecule has 0 spiro atoms. The molecule has 6 heteroatoms. The first-order chi connectivity index (χ1) is 7.15. The topological polar surface area (TPSA) is 68.3 Å². The summed E-state index contributed by atoms with van der Waals surface area (Å²) < 4.78 is 4.37. The molecule has 0 fully saturated rings. The van der Waals surface area contributed by atoms with E-state index in [0.29, 0.717) is 4.90 Å². The quantitative estimate of drug-likeness (QED) is 0.573. The molecule has 1 aromatic heterocycles. The number of rotatable bonds is 3. The van der Waals surface area contributed by atoms with Crippen molar-refractivity contribution >= 4 is 24.5 Å². The number of methoxy groups -OCH3 is 1. The first-order valence-corrected chi connectivity index (χ1v) is 4.59. The molecule has 0 aliphatic carbocycles. The van der Waals surface area contributed by atoms with Crippen LogP contribution in [0.2, 0.25) is 0 Å². The van der Waals surface area contributed by atoms with Crippen molar-refractivity contribution in [2.75, 3.05) is 13.7 Å². The van der Waals surface area contributed by atoms with Crippen LogP contribution in [0.4, 0.5) is 0 Å². The lowest BCUT2D eigenvalue weighted by atomic mass is 10.3. The van der Waals surface area contributed by atoms with Crippen molar-refractivity contribution in [3.05, 3.63) is 24.0 Å². The standard InChI is InChI=1S/C9H10N2O3S/c1-14-7(12)5-11-9(13)8-6(15)3-2-4-10-8/h2-4,15H,5H2,1H3,(H,11,13). The van der Waals surface area contributed by atoms with E-state index in [9.17, 15) is 9.59 Å². The Balaban J connectivity index is 2.62. The summed E-state index contributed by atoms with van der Waals surface area (Å²) >= 11 is 4.07. The van der Waals surface area contributed by atoms with Crippen LogP contribution in [0.5, 0.6) is 0 Å². The lowest BCUT2D eigenvalue weighted by Crippen LogP contribution is -2.30. The highest BCUT2D eigenvalue weighted by Crippen LogP contribution is 2.08. The van der Waals surface area contributed by atoms with E-state index in [1.165, 1.54) is 13.3 Å². The van der Waals surface area contributed by atoms with Crippen LogP contribution in [0, 0.1) is 0 Å². The van der Waals surface area contributed by atoms with Gasteiger partial charge in [0.1, 0.15) is 12.2 Å². The third kappa shape index (κ3) is 3.25. The maximum Gasteiger partial charge on any atom is 0.325 e. The zero-order chi connectivity index (χ0) is 11.3. The fourth-order valence-electron chi connectivity index (χ4n) is 0.880. The number of pyridine rings is 1. The largest absolute Gasteiger partial charge is 0.468 e. The Labute approximate surface area is 92.3 Å². The predicted octanol–water partition coefficient (Wildman–Crippen LogP) is 0.273. The summed E-state index contributed by atoms with van der Waals surface area (Å²) in [5, 5.41) is 2.37. The van der Waals surface area contributed by atoms with Crippen LogP contribution >= 0.6 is 12.6 Å². The Morgan fingerprint density at radius 3 is 2.93 bits per heavy atom. The molecule has 0 radical (unpaired) electrons. The van der Waals surface area contributed by atoms with Gasteiger partial charge in [-0.1, -0.05) is 0 Å². The van der Waals surface area contributed by atoms with Gasteiger partial charge in [0.2, 0.25) is 0 Å². The average molecular weight is 226 g/mol. The molecule has 0 saturated carbocycles. The van der Waals surface area contributed by atoms with Crippen LogP contribution in [0.1, 0.15) is 10.5 Å². The molecular formula is C9H10N2O3S. The van der Waals surface area contributed by atoms with Crippen LogP contribution < -0.4 is 5.32 Å². The predicted molar refractivity (Wildman–Crippen MR) is 55.8 cm³/mol. The zero-order valence-corrected chi connectivity index (χ0v) is 8.95. The lowest BCUT2D eigenvalue weighted by Gasteiger charge is -2.04. The van der Waals surface area contributed by atoms with Crippen LogP contribution in [-0.2, 0) is 9.53 Å². The summed E-state index contributed by atoms with van der Waals surface area (Å²) in [7, 11) is 1.25. The van der Waals surface area contributed by atoms with Crippen molar-refractivity contribution in [1.82, 2.24) is 10.3 Å². The summed E-state index contributed by atoms with van der Waals surface area (Å²) in [6.45, 7) is -0.181. The molecule has 1 N–H and O–H groups in total. The van der Waals surface area contributed by atoms with Gasteiger partial charge in [0.05, 0.1) is 7.11 Å². The molecule has 1 heterocycles. The van der Waals surface area contributed by atoms with Gasteiger partial charge in [0.25, 0.3) is 5.91 Å². The molecular weight excluding hydrogens is 216 g/mol. The molecule has 15 heavy (non-hydrogen) atoms. The van der Waals surface area contributed by atoms with Gasteiger partial charge in [-0.05, 0) is 12.1 Å². The van der Waals surface area contributed by atoms with Gasteiger partial charge in [0.15, 0.2) is 0 Å². The van der Waals surface area contributed by atoms with E-state index in [0.717, 1.165) is 0 Å². The molecule has 1 amide bonds. The fraction of sp³-hybridized carbons (Fsp3) is 0.222. The van der Waals surface area contributed by atoms with Crippen molar-refractivity contribution < 1.29 is 14.3 Å². The van der Waals surface area contributed by atoms with E-state index < -0.39 is 11.9 Å². The molecule has 0 aliphatic rings. The van der Waals surface area contributed by atoms with Gasteiger partial charge in [-0.3, -0.25) is 9.59 Å². The Bertz CT molecular complexity index is 381. The Morgan fingerprint density at radius 1 is 1.60 bits per heavy atom. The van der Waals surface area contributed by atoms with Crippen LogP contribution in [0.25, 0.3) is 0 Å². The Morgan fingerprint density at radius 2 is 2.33 bits per heavy atom. The monoisotopic (exact) mass is 226 g/mol. The smallest absolute Gasteiger partial charge is 0.325 e. The third-order valence-corrected chi connectivity index (χ3v) is 1.98. The molecule has 0 saturated heterocycles. The zero-order valence-electron chi connectivity index (χ0n) is 8.06. The molecule has 5 nitrogen and oxygen atoms in total. The van der Waals surface area contributed by atoms with Crippen LogP contribution in [-0.4, -0.2) is 30.5 Å². The molecule has 0 aromatic carbocycles. The number of thiol groups is 1. The summed E-state index contributed by atoms with van der Waals surface area (Å²) in [4.78, 5) is 26.5. The van der Waals surface area contributed by atoms with Gasteiger partial charge < -0.3 is 10.1 Å². The van der Waals surface area contributed by atoms with E-state index in [1.807, 2.05) is 0 Å². The second-order valence-electron chi connectivity index (χ2n) is 2.63. The van der Waals surface area contributed by atoms with E-state index in [4.69, 9.17) is 0 Å². The fourth-order valence-corrected chi connectivity index (χ4v) is 1.13. The Hall–Kier alpha value is -1.56. The number of esters is 1. The number of amides is 1. The van der Waals surface area contributed by atoms with Gasteiger partial charge in [-0.25, -0.2) is 4.98 Å². The second-order valence-corrected chi connectivity index (χ2v) is 3.11. The normalized spacial score (nSPS) is 9.47. The summed E-state index contributed by atoms with van der Waals surface area (Å²) in [5.74, 6) is -0.967.